The summed E-state index contributed by atoms with van der Waals surface area (Å²) in [4.78, 5) is 0. The summed E-state index contributed by atoms with van der Waals surface area (Å²) in [6.45, 7) is 7.15. The Morgan fingerprint density at radius 2 is 1.89 bits per heavy atom. The van der Waals surface area contributed by atoms with Gasteiger partial charge in [-0.15, -0.1) is 0 Å². The monoisotopic (exact) mass is 262 g/mol. The lowest BCUT2D eigenvalue weighted by Crippen LogP contribution is -2.46. The molecular formula is C16H26OSi. The maximum absolute atomic E-state index is 9.66. The molecule has 2 heteroatoms. The predicted molar refractivity (Wildman–Crippen MR) is 83.1 cm³/mol. The van der Waals surface area contributed by atoms with Gasteiger partial charge in [-0.2, -0.15) is 0 Å². The molecule has 0 spiro atoms. The van der Waals surface area contributed by atoms with Crippen LogP contribution < -0.4 is 5.19 Å². The van der Waals surface area contributed by atoms with Crippen LogP contribution in [0.4, 0.5) is 0 Å². The largest absolute Gasteiger partial charge is 0.396 e. The summed E-state index contributed by atoms with van der Waals surface area (Å²) in [6.07, 6.45) is 8.10. The van der Waals surface area contributed by atoms with E-state index in [1.54, 1.807) is 0 Å². The molecule has 0 aliphatic carbocycles. The van der Waals surface area contributed by atoms with Crippen molar-refractivity contribution in [3.63, 3.8) is 0 Å². The molecule has 0 fully saturated rings. The number of rotatable bonds is 7. The molecule has 0 heterocycles. The molecule has 0 bridgehead atoms. The lowest BCUT2D eigenvalue weighted by Gasteiger charge is -2.29. The molecule has 1 aromatic carbocycles. The Balaban J connectivity index is 2.77. The zero-order valence-electron chi connectivity index (χ0n) is 11.9. The van der Waals surface area contributed by atoms with Gasteiger partial charge < -0.3 is 5.11 Å². The molecule has 100 valence electrons. The van der Waals surface area contributed by atoms with Crippen molar-refractivity contribution in [3.05, 3.63) is 42.5 Å². The molecule has 1 atom stereocenters. The molecule has 0 aliphatic rings. The first kappa shape index (κ1) is 15.2. The van der Waals surface area contributed by atoms with Crippen molar-refractivity contribution < 1.29 is 5.11 Å². The lowest BCUT2D eigenvalue weighted by atomic mass is 10.2. The normalized spacial score (nSPS) is 14.0. The van der Waals surface area contributed by atoms with Crippen LogP contribution >= 0.6 is 0 Å². The SMILES string of the molecule is CCCC/C=C\C(CO)[Si](C)(C)c1ccccc1. The van der Waals surface area contributed by atoms with Gasteiger partial charge in [-0.25, -0.2) is 0 Å². The van der Waals surface area contributed by atoms with E-state index in [0.29, 0.717) is 5.54 Å². The van der Waals surface area contributed by atoms with E-state index in [1.807, 2.05) is 0 Å². The summed E-state index contributed by atoms with van der Waals surface area (Å²) in [5.74, 6) is 0. The zero-order chi connectivity index (χ0) is 13.4. The number of allylic oxidation sites excluding steroid dienone is 1. The number of aliphatic hydroxyl groups excluding tert-OH is 1. The highest BCUT2D eigenvalue weighted by molar-refractivity contribution is 6.91. The Labute approximate surface area is 113 Å². The molecule has 1 nitrogen and oxygen atoms in total. The van der Waals surface area contributed by atoms with Crippen LogP contribution in [0.5, 0.6) is 0 Å². The van der Waals surface area contributed by atoms with Crippen LogP contribution in [-0.2, 0) is 0 Å². The molecule has 1 rings (SSSR count). The van der Waals surface area contributed by atoms with Gasteiger partial charge in [0.1, 0.15) is 0 Å². The van der Waals surface area contributed by atoms with E-state index in [-0.39, 0.29) is 6.61 Å². The number of aliphatic hydroxyl groups is 1. The fourth-order valence-corrected chi connectivity index (χ4v) is 4.75. The summed E-state index contributed by atoms with van der Waals surface area (Å²) in [5.41, 5.74) is 0.316. The van der Waals surface area contributed by atoms with E-state index in [0.717, 1.165) is 6.42 Å². The fraction of sp³-hybridized carbons (Fsp3) is 0.500. The third-order valence-corrected chi connectivity index (χ3v) is 7.78. The molecule has 1 aromatic rings. The first-order valence-electron chi connectivity index (χ1n) is 6.96. The molecular weight excluding hydrogens is 236 g/mol. The Hall–Kier alpha value is -0.863. The molecule has 0 saturated heterocycles. The molecule has 0 radical (unpaired) electrons. The van der Waals surface area contributed by atoms with Gasteiger partial charge in [-0.05, 0) is 12.0 Å². The van der Waals surface area contributed by atoms with Crippen molar-refractivity contribution in [2.45, 2.75) is 44.8 Å². The third-order valence-electron chi connectivity index (χ3n) is 3.73. The van der Waals surface area contributed by atoms with Crippen molar-refractivity contribution in [2.75, 3.05) is 6.61 Å². The van der Waals surface area contributed by atoms with Crippen LogP contribution in [0.3, 0.4) is 0 Å². The Bertz CT molecular complexity index is 357. The molecule has 0 aromatic heterocycles. The topological polar surface area (TPSA) is 20.2 Å². The van der Waals surface area contributed by atoms with E-state index in [2.05, 4.69) is 62.5 Å². The molecule has 0 amide bonds. The van der Waals surface area contributed by atoms with Crippen LogP contribution in [0.2, 0.25) is 18.6 Å². The number of hydrogen-bond donors (Lipinski definition) is 1. The minimum absolute atomic E-state index is 0.261. The van der Waals surface area contributed by atoms with Gasteiger partial charge in [0.25, 0.3) is 0 Å². The van der Waals surface area contributed by atoms with Gasteiger partial charge in [-0.1, -0.05) is 80.5 Å². The van der Waals surface area contributed by atoms with Gasteiger partial charge >= 0.3 is 0 Å². The summed E-state index contributed by atoms with van der Waals surface area (Å²) in [7, 11) is -1.61. The van der Waals surface area contributed by atoms with Crippen molar-refractivity contribution in [2.24, 2.45) is 0 Å². The quantitative estimate of drug-likeness (QED) is 0.451. The molecule has 0 aliphatic heterocycles. The maximum atomic E-state index is 9.66. The maximum Gasteiger partial charge on any atom is 0.0898 e. The predicted octanol–water partition coefficient (Wildman–Crippen LogP) is 3.71. The van der Waals surface area contributed by atoms with Crippen molar-refractivity contribution in [1.29, 1.82) is 0 Å². The van der Waals surface area contributed by atoms with Crippen LogP contribution in [-0.4, -0.2) is 19.8 Å². The van der Waals surface area contributed by atoms with Gasteiger partial charge in [0.05, 0.1) is 8.07 Å². The molecule has 18 heavy (non-hydrogen) atoms. The number of hydrogen-bond acceptors (Lipinski definition) is 1. The second-order valence-corrected chi connectivity index (χ2v) is 10.2. The van der Waals surface area contributed by atoms with Gasteiger partial charge in [-0.3, -0.25) is 0 Å². The minimum Gasteiger partial charge on any atom is -0.396 e. The first-order valence-corrected chi connectivity index (χ1v) is 10.0. The second-order valence-electron chi connectivity index (χ2n) is 5.45. The van der Waals surface area contributed by atoms with Gasteiger partial charge in [0.15, 0.2) is 0 Å². The van der Waals surface area contributed by atoms with Crippen LogP contribution in [0.25, 0.3) is 0 Å². The summed E-state index contributed by atoms with van der Waals surface area (Å²) < 4.78 is 0. The number of unbranched alkanes of at least 4 members (excludes halogenated alkanes) is 2. The zero-order valence-corrected chi connectivity index (χ0v) is 12.9. The fourth-order valence-electron chi connectivity index (χ4n) is 2.19. The Morgan fingerprint density at radius 3 is 2.44 bits per heavy atom. The van der Waals surface area contributed by atoms with Crippen molar-refractivity contribution in [3.8, 4) is 0 Å². The average Bonchev–Trinajstić information content (AvgIpc) is 2.39. The van der Waals surface area contributed by atoms with Crippen molar-refractivity contribution in [1.82, 2.24) is 0 Å². The highest BCUT2D eigenvalue weighted by atomic mass is 28.3. The lowest BCUT2D eigenvalue weighted by molar-refractivity contribution is 0.300. The Kier molecular flexibility index (Phi) is 6.37. The number of benzene rings is 1. The second kappa shape index (κ2) is 7.55. The molecule has 1 N–H and O–H groups in total. The van der Waals surface area contributed by atoms with E-state index in [9.17, 15) is 5.11 Å². The van der Waals surface area contributed by atoms with Crippen LogP contribution in [0.1, 0.15) is 26.2 Å². The average molecular weight is 262 g/mol. The molecule has 0 saturated carbocycles. The third kappa shape index (κ3) is 4.11. The van der Waals surface area contributed by atoms with E-state index < -0.39 is 8.07 Å². The van der Waals surface area contributed by atoms with E-state index >= 15 is 0 Å². The van der Waals surface area contributed by atoms with Gasteiger partial charge in [0.2, 0.25) is 0 Å². The smallest absolute Gasteiger partial charge is 0.0898 e. The summed E-state index contributed by atoms with van der Waals surface area (Å²) >= 11 is 0. The van der Waals surface area contributed by atoms with E-state index in [4.69, 9.17) is 0 Å². The van der Waals surface area contributed by atoms with Gasteiger partial charge in [0, 0.05) is 6.61 Å². The first-order chi connectivity index (χ1) is 8.62. The summed E-state index contributed by atoms with van der Waals surface area (Å²) in [5, 5.41) is 11.1. The van der Waals surface area contributed by atoms with Crippen LogP contribution in [0, 0.1) is 0 Å². The van der Waals surface area contributed by atoms with Crippen LogP contribution in [0.15, 0.2) is 42.5 Å². The minimum atomic E-state index is -1.61. The van der Waals surface area contributed by atoms with E-state index in [1.165, 1.54) is 18.0 Å². The van der Waals surface area contributed by atoms with Crippen molar-refractivity contribution >= 4 is 13.3 Å². The Morgan fingerprint density at radius 1 is 1.22 bits per heavy atom. The highest BCUT2D eigenvalue weighted by Gasteiger charge is 2.31. The highest BCUT2D eigenvalue weighted by Crippen LogP contribution is 2.23. The summed E-state index contributed by atoms with van der Waals surface area (Å²) in [6, 6.07) is 10.7. The standard InChI is InChI=1S/C16H26OSi/c1-4-5-6-8-13-16(14-17)18(2,3)15-11-9-7-10-12-15/h7-13,16-17H,4-6,14H2,1-3H3/b13-8-. The molecule has 1 unspecified atom stereocenters.